The van der Waals surface area contributed by atoms with Crippen molar-refractivity contribution >= 4 is 27.9 Å². The molecule has 1 saturated heterocycles. The Balaban J connectivity index is 2.01. The zero-order chi connectivity index (χ0) is 15.5. The monoisotopic (exact) mass is 336 g/mol. The highest BCUT2D eigenvalue weighted by atomic mass is 32.2. The molecule has 8 heteroatoms. The van der Waals surface area contributed by atoms with Crippen molar-refractivity contribution in [2.45, 2.75) is 49.8 Å². The van der Waals surface area contributed by atoms with Gasteiger partial charge in [0.1, 0.15) is 0 Å². The van der Waals surface area contributed by atoms with Gasteiger partial charge < -0.3 is 5.11 Å². The van der Waals surface area contributed by atoms with Gasteiger partial charge in [0.05, 0.1) is 5.92 Å². The molecule has 0 amide bonds. The first-order valence-corrected chi connectivity index (χ1v) is 10.2. The van der Waals surface area contributed by atoms with Crippen LogP contribution < -0.4 is 4.72 Å². The standard InChI is InChI=1S/C13H24N2O4S2/c1-20-12-7-3-2-6-11(12)14-21(18,19)15-8-4-5-10(9-15)13(16)17/h10-12,14H,2-9H2,1H3,(H,16,17). The van der Waals surface area contributed by atoms with Gasteiger partial charge in [0.25, 0.3) is 10.2 Å². The fourth-order valence-electron chi connectivity index (χ4n) is 3.14. The van der Waals surface area contributed by atoms with Gasteiger partial charge in [0, 0.05) is 24.4 Å². The molecule has 6 nitrogen and oxygen atoms in total. The summed E-state index contributed by atoms with van der Waals surface area (Å²) in [6.07, 6.45) is 7.26. The molecule has 21 heavy (non-hydrogen) atoms. The van der Waals surface area contributed by atoms with Crippen LogP contribution in [-0.2, 0) is 15.0 Å². The molecule has 1 heterocycles. The maximum atomic E-state index is 12.5. The number of carbonyl (C=O) groups is 1. The predicted molar refractivity (Wildman–Crippen MR) is 83.5 cm³/mol. The molecule has 3 unspecified atom stereocenters. The maximum Gasteiger partial charge on any atom is 0.307 e. The number of rotatable bonds is 5. The summed E-state index contributed by atoms with van der Waals surface area (Å²) in [7, 11) is -3.59. The van der Waals surface area contributed by atoms with E-state index in [0.29, 0.717) is 24.6 Å². The largest absolute Gasteiger partial charge is 0.481 e. The number of hydrogen-bond acceptors (Lipinski definition) is 4. The third-order valence-electron chi connectivity index (χ3n) is 4.38. The lowest BCUT2D eigenvalue weighted by molar-refractivity contribution is -0.142. The number of nitrogens with zero attached hydrogens (tertiary/aromatic N) is 1. The summed E-state index contributed by atoms with van der Waals surface area (Å²) in [4.78, 5) is 11.1. The highest BCUT2D eigenvalue weighted by Crippen LogP contribution is 2.28. The number of hydrogen-bond donors (Lipinski definition) is 2. The van der Waals surface area contributed by atoms with Crippen LogP contribution >= 0.6 is 11.8 Å². The number of carboxylic acid groups (broad SMARTS) is 1. The van der Waals surface area contributed by atoms with Crippen LogP contribution in [0.5, 0.6) is 0 Å². The summed E-state index contributed by atoms with van der Waals surface area (Å²) in [5.74, 6) is -1.49. The highest BCUT2D eigenvalue weighted by Gasteiger charge is 2.35. The third kappa shape index (κ3) is 4.34. The molecular weight excluding hydrogens is 312 g/mol. The van der Waals surface area contributed by atoms with Crippen molar-refractivity contribution in [3.8, 4) is 0 Å². The van der Waals surface area contributed by atoms with Gasteiger partial charge >= 0.3 is 5.97 Å². The van der Waals surface area contributed by atoms with Crippen LogP contribution in [-0.4, -0.2) is 54.4 Å². The van der Waals surface area contributed by atoms with E-state index in [2.05, 4.69) is 4.72 Å². The van der Waals surface area contributed by atoms with E-state index < -0.39 is 22.1 Å². The van der Waals surface area contributed by atoms with Crippen LogP contribution in [0.3, 0.4) is 0 Å². The molecule has 0 aromatic carbocycles. The van der Waals surface area contributed by atoms with E-state index in [9.17, 15) is 13.2 Å². The summed E-state index contributed by atoms with van der Waals surface area (Å²) < 4.78 is 29.1. The summed E-state index contributed by atoms with van der Waals surface area (Å²) in [6, 6.07) is -0.0380. The first-order valence-electron chi connectivity index (χ1n) is 7.47. The molecule has 2 aliphatic rings. The average Bonchev–Trinajstić information content (AvgIpc) is 2.47. The first kappa shape index (κ1) is 17.1. The number of aliphatic carboxylic acids is 1. The van der Waals surface area contributed by atoms with Crippen molar-refractivity contribution in [1.29, 1.82) is 0 Å². The normalized spacial score (nSPS) is 32.0. The Morgan fingerprint density at radius 3 is 2.62 bits per heavy atom. The van der Waals surface area contributed by atoms with E-state index in [0.717, 1.165) is 25.7 Å². The van der Waals surface area contributed by atoms with Crippen molar-refractivity contribution in [2.75, 3.05) is 19.3 Å². The summed E-state index contributed by atoms with van der Waals surface area (Å²) in [6.45, 7) is 0.497. The Kier molecular flexibility index (Phi) is 5.93. The van der Waals surface area contributed by atoms with Crippen molar-refractivity contribution < 1.29 is 18.3 Å². The van der Waals surface area contributed by atoms with Crippen molar-refractivity contribution in [1.82, 2.24) is 9.03 Å². The summed E-state index contributed by atoms with van der Waals surface area (Å²) in [5.41, 5.74) is 0. The lowest BCUT2D eigenvalue weighted by Gasteiger charge is -2.35. The molecule has 2 N–H and O–H groups in total. The van der Waals surface area contributed by atoms with Crippen LogP contribution in [0.25, 0.3) is 0 Å². The molecule has 2 fully saturated rings. The Labute approximate surface area is 130 Å². The van der Waals surface area contributed by atoms with E-state index in [1.165, 1.54) is 4.31 Å². The van der Waals surface area contributed by atoms with Crippen molar-refractivity contribution in [3.63, 3.8) is 0 Å². The smallest absolute Gasteiger partial charge is 0.307 e. The molecule has 1 aliphatic carbocycles. The van der Waals surface area contributed by atoms with Crippen LogP contribution in [0.15, 0.2) is 0 Å². The SMILES string of the molecule is CSC1CCCCC1NS(=O)(=O)N1CCCC(C(=O)O)C1. The zero-order valence-electron chi connectivity index (χ0n) is 12.3. The topological polar surface area (TPSA) is 86.7 Å². The van der Waals surface area contributed by atoms with Crippen molar-refractivity contribution in [3.05, 3.63) is 0 Å². The molecule has 0 radical (unpaired) electrons. The Hall–Kier alpha value is -0.310. The van der Waals surface area contributed by atoms with E-state index in [1.807, 2.05) is 6.26 Å². The highest BCUT2D eigenvalue weighted by molar-refractivity contribution is 7.99. The van der Waals surface area contributed by atoms with E-state index >= 15 is 0 Å². The number of nitrogens with one attached hydrogen (secondary N) is 1. The second kappa shape index (κ2) is 7.30. The fraction of sp³-hybridized carbons (Fsp3) is 0.923. The summed E-state index contributed by atoms with van der Waals surface area (Å²) in [5, 5.41) is 9.39. The van der Waals surface area contributed by atoms with Crippen LogP contribution in [0.2, 0.25) is 0 Å². The molecule has 122 valence electrons. The fourth-order valence-corrected chi connectivity index (χ4v) is 5.72. The van der Waals surface area contributed by atoms with Crippen LogP contribution in [0.4, 0.5) is 0 Å². The van der Waals surface area contributed by atoms with Gasteiger partial charge in [0.15, 0.2) is 0 Å². The molecular formula is C13H24N2O4S2. The van der Waals surface area contributed by atoms with Crippen LogP contribution in [0.1, 0.15) is 38.5 Å². The zero-order valence-corrected chi connectivity index (χ0v) is 14.0. The molecule has 1 aliphatic heterocycles. The molecule has 0 bridgehead atoms. The minimum atomic E-state index is -3.59. The molecule has 0 aromatic heterocycles. The number of thioether (sulfide) groups is 1. The van der Waals surface area contributed by atoms with Gasteiger partial charge in [-0.3, -0.25) is 4.79 Å². The quantitative estimate of drug-likeness (QED) is 0.790. The van der Waals surface area contributed by atoms with Gasteiger partial charge in [-0.25, -0.2) is 0 Å². The number of carboxylic acids is 1. The van der Waals surface area contributed by atoms with Gasteiger partial charge in [-0.2, -0.15) is 29.2 Å². The molecule has 2 rings (SSSR count). The average molecular weight is 336 g/mol. The Morgan fingerprint density at radius 2 is 1.95 bits per heavy atom. The van der Waals surface area contributed by atoms with Gasteiger partial charge in [-0.05, 0) is 31.9 Å². The maximum absolute atomic E-state index is 12.5. The molecule has 1 saturated carbocycles. The van der Waals surface area contributed by atoms with Crippen molar-refractivity contribution in [2.24, 2.45) is 5.92 Å². The van der Waals surface area contributed by atoms with E-state index in [-0.39, 0.29) is 12.6 Å². The number of piperidine rings is 1. The third-order valence-corrected chi connectivity index (χ3v) is 7.16. The lowest BCUT2D eigenvalue weighted by atomic mass is 9.96. The molecule has 3 atom stereocenters. The van der Waals surface area contributed by atoms with E-state index in [4.69, 9.17) is 5.11 Å². The lowest BCUT2D eigenvalue weighted by Crippen LogP contribution is -2.52. The van der Waals surface area contributed by atoms with E-state index in [1.54, 1.807) is 11.8 Å². The Morgan fingerprint density at radius 1 is 1.24 bits per heavy atom. The minimum absolute atomic E-state index is 0.0380. The Bertz CT molecular complexity index is 469. The van der Waals surface area contributed by atoms with Gasteiger partial charge in [-0.15, -0.1) is 0 Å². The second-order valence-corrected chi connectivity index (χ2v) is 8.60. The van der Waals surface area contributed by atoms with Gasteiger partial charge in [-0.1, -0.05) is 12.8 Å². The molecule has 0 aromatic rings. The second-order valence-electron chi connectivity index (χ2n) is 5.82. The summed E-state index contributed by atoms with van der Waals surface area (Å²) >= 11 is 1.71. The van der Waals surface area contributed by atoms with Crippen LogP contribution in [0, 0.1) is 5.92 Å². The first-order chi connectivity index (χ1) is 9.94. The minimum Gasteiger partial charge on any atom is -0.481 e. The van der Waals surface area contributed by atoms with Gasteiger partial charge in [0.2, 0.25) is 0 Å². The predicted octanol–water partition coefficient (Wildman–Crippen LogP) is 1.29. The molecule has 0 spiro atoms.